The van der Waals surface area contributed by atoms with E-state index in [0.29, 0.717) is 6.04 Å². The van der Waals surface area contributed by atoms with Gasteiger partial charge in [0.1, 0.15) is 9.88 Å². The number of aryl methyl sites for hydroxylation is 2. The van der Waals surface area contributed by atoms with Crippen molar-refractivity contribution in [1.82, 2.24) is 14.8 Å². The van der Waals surface area contributed by atoms with E-state index < -0.39 is 0 Å². The molecule has 3 rings (SSSR count). The smallest absolute Gasteiger partial charge is 0.265 e. The van der Waals surface area contributed by atoms with Crippen LogP contribution in [0.4, 0.5) is 0 Å². The highest BCUT2D eigenvalue weighted by Gasteiger charge is 2.31. The van der Waals surface area contributed by atoms with Crippen molar-refractivity contribution in [2.24, 2.45) is 0 Å². The fourth-order valence-electron chi connectivity index (χ4n) is 3.63. The van der Waals surface area contributed by atoms with Gasteiger partial charge in [0, 0.05) is 24.7 Å². The molecule has 1 amide bonds. The van der Waals surface area contributed by atoms with Gasteiger partial charge in [-0.2, -0.15) is 0 Å². The molecule has 0 radical (unpaired) electrons. The molecule has 4 nitrogen and oxygen atoms in total. The molecule has 1 unspecified atom stereocenters. The number of rotatable bonds is 5. The first-order valence-corrected chi connectivity index (χ1v) is 9.93. The predicted molar refractivity (Wildman–Crippen MR) is 104 cm³/mol. The maximum absolute atomic E-state index is 13.0. The molecule has 2 aromatic rings. The van der Waals surface area contributed by atoms with E-state index in [4.69, 9.17) is 0 Å². The quantitative estimate of drug-likeness (QED) is 0.812. The van der Waals surface area contributed by atoms with Crippen LogP contribution in [0.15, 0.2) is 24.3 Å². The van der Waals surface area contributed by atoms with E-state index in [1.165, 1.54) is 16.9 Å². The van der Waals surface area contributed by atoms with Gasteiger partial charge >= 0.3 is 0 Å². The number of amides is 1. The Bertz CT molecular complexity index is 751. The molecule has 0 N–H and O–H groups in total. The van der Waals surface area contributed by atoms with Crippen molar-refractivity contribution in [3.63, 3.8) is 0 Å². The van der Waals surface area contributed by atoms with Crippen LogP contribution in [0.2, 0.25) is 0 Å². The molecule has 0 bridgehead atoms. The molecule has 1 aromatic heterocycles. The largest absolute Gasteiger partial charge is 0.336 e. The lowest BCUT2D eigenvalue weighted by atomic mass is 10.1. The standard InChI is InChI=1S/C20H27N3OS/c1-5-22(6-2)16-11-12-23(13-16)20(24)18-15(4)21-19(25-18)17-10-8-7-9-14(17)3/h7-10,16H,5-6,11-13H2,1-4H3. The van der Waals surface area contributed by atoms with Gasteiger partial charge in [0.05, 0.1) is 5.69 Å². The Morgan fingerprint density at radius 3 is 2.68 bits per heavy atom. The number of carbonyl (C=O) groups is 1. The van der Waals surface area contributed by atoms with Crippen molar-refractivity contribution >= 4 is 17.2 Å². The van der Waals surface area contributed by atoms with Gasteiger partial charge in [-0.25, -0.2) is 4.98 Å². The number of benzene rings is 1. The van der Waals surface area contributed by atoms with Gasteiger partial charge in [-0.15, -0.1) is 11.3 Å². The number of hydrogen-bond donors (Lipinski definition) is 0. The van der Waals surface area contributed by atoms with E-state index >= 15 is 0 Å². The zero-order chi connectivity index (χ0) is 18.0. The number of thiazole rings is 1. The third-order valence-electron chi connectivity index (χ3n) is 5.15. The normalized spacial score (nSPS) is 17.5. The van der Waals surface area contributed by atoms with E-state index in [-0.39, 0.29) is 5.91 Å². The average Bonchev–Trinajstić information content (AvgIpc) is 3.23. The zero-order valence-electron chi connectivity index (χ0n) is 15.6. The summed E-state index contributed by atoms with van der Waals surface area (Å²) >= 11 is 1.53. The van der Waals surface area contributed by atoms with E-state index in [1.807, 2.05) is 24.0 Å². The SMILES string of the molecule is CCN(CC)C1CCN(C(=O)c2sc(-c3ccccc3C)nc2C)C1. The minimum atomic E-state index is 0.143. The zero-order valence-corrected chi connectivity index (χ0v) is 16.4. The van der Waals surface area contributed by atoms with E-state index in [0.717, 1.165) is 53.7 Å². The Hall–Kier alpha value is -1.72. The second kappa shape index (κ2) is 7.67. The highest BCUT2D eigenvalue weighted by atomic mass is 32.1. The fourth-order valence-corrected chi connectivity index (χ4v) is 4.76. The van der Waals surface area contributed by atoms with Gasteiger partial charge in [0.2, 0.25) is 0 Å². The van der Waals surface area contributed by atoms with Gasteiger partial charge in [-0.1, -0.05) is 38.1 Å². The molecule has 25 heavy (non-hydrogen) atoms. The van der Waals surface area contributed by atoms with Crippen LogP contribution in [-0.2, 0) is 0 Å². The molecule has 0 saturated carbocycles. The van der Waals surface area contributed by atoms with Crippen molar-refractivity contribution in [3.8, 4) is 10.6 Å². The minimum absolute atomic E-state index is 0.143. The lowest BCUT2D eigenvalue weighted by molar-refractivity contribution is 0.0782. The highest BCUT2D eigenvalue weighted by Crippen LogP contribution is 2.31. The molecular formula is C20H27N3OS. The summed E-state index contributed by atoms with van der Waals surface area (Å²) in [7, 11) is 0. The second-order valence-electron chi connectivity index (χ2n) is 6.66. The monoisotopic (exact) mass is 357 g/mol. The van der Waals surface area contributed by atoms with Gasteiger partial charge in [0.15, 0.2) is 0 Å². The summed E-state index contributed by atoms with van der Waals surface area (Å²) in [4.78, 5) is 22.9. The van der Waals surface area contributed by atoms with Gasteiger partial charge in [-0.3, -0.25) is 9.69 Å². The molecule has 134 valence electrons. The summed E-state index contributed by atoms with van der Waals surface area (Å²) in [6.45, 7) is 12.2. The summed E-state index contributed by atoms with van der Waals surface area (Å²) in [6.07, 6.45) is 1.07. The van der Waals surface area contributed by atoms with Crippen LogP contribution in [0.3, 0.4) is 0 Å². The predicted octanol–water partition coefficient (Wildman–Crippen LogP) is 3.98. The van der Waals surface area contributed by atoms with Crippen LogP contribution < -0.4 is 0 Å². The summed E-state index contributed by atoms with van der Waals surface area (Å²) in [5.74, 6) is 0.143. The molecule has 1 fully saturated rings. The van der Waals surface area contributed by atoms with E-state index in [2.05, 4.69) is 42.8 Å². The Kier molecular flexibility index (Phi) is 5.54. The van der Waals surface area contributed by atoms with Crippen LogP contribution in [0.1, 0.15) is 41.2 Å². The van der Waals surface area contributed by atoms with Gasteiger partial charge in [0.25, 0.3) is 5.91 Å². The van der Waals surface area contributed by atoms with Gasteiger partial charge < -0.3 is 4.90 Å². The van der Waals surface area contributed by atoms with E-state index in [1.54, 1.807) is 0 Å². The molecular weight excluding hydrogens is 330 g/mol. The Morgan fingerprint density at radius 2 is 2.00 bits per heavy atom. The fraction of sp³-hybridized carbons (Fsp3) is 0.500. The first-order chi connectivity index (χ1) is 12.0. The Labute approximate surface area is 154 Å². The number of likely N-dealkylation sites (tertiary alicyclic amines) is 1. The lowest BCUT2D eigenvalue weighted by Gasteiger charge is -2.26. The highest BCUT2D eigenvalue weighted by molar-refractivity contribution is 7.17. The second-order valence-corrected chi connectivity index (χ2v) is 7.66. The summed E-state index contributed by atoms with van der Waals surface area (Å²) < 4.78 is 0. The summed E-state index contributed by atoms with van der Waals surface area (Å²) in [5.41, 5.74) is 3.16. The first kappa shape index (κ1) is 18.1. The van der Waals surface area contributed by atoms with Crippen molar-refractivity contribution in [3.05, 3.63) is 40.4 Å². The molecule has 2 heterocycles. The van der Waals surface area contributed by atoms with Crippen molar-refractivity contribution in [2.75, 3.05) is 26.2 Å². The van der Waals surface area contributed by atoms with Crippen LogP contribution in [0.25, 0.3) is 10.6 Å². The molecule has 0 aliphatic carbocycles. The van der Waals surface area contributed by atoms with Crippen LogP contribution in [0, 0.1) is 13.8 Å². The van der Waals surface area contributed by atoms with Crippen molar-refractivity contribution < 1.29 is 4.79 Å². The van der Waals surface area contributed by atoms with Crippen molar-refractivity contribution in [1.29, 1.82) is 0 Å². The number of carbonyl (C=O) groups excluding carboxylic acids is 1. The third-order valence-corrected chi connectivity index (χ3v) is 6.32. The maximum Gasteiger partial charge on any atom is 0.265 e. The van der Waals surface area contributed by atoms with Crippen LogP contribution in [0.5, 0.6) is 0 Å². The molecule has 0 spiro atoms. The maximum atomic E-state index is 13.0. The van der Waals surface area contributed by atoms with Crippen LogP contribution >= 0.6 is 11.3 Å². The molecule has 1 atom stereocenters. The Morgan fingerprint density at radius 1 is 1.28 bits per heavy atom. The number of likely N-dealkylation sites (N-methyl/N-ethyl adjacent to an activating group) is 1. The van der Waals surface area contributed by atoms with E-state index in [9.17, 15) is 4.79 Å². The molecule has 1 aliphatic heterocycles. The lowest BCUT2D eigenvalue weighted by Crippen LogP contribution is -2.38. The minimum Gasteiger partial charge on any atom is -0.336 e. The Balaban J connectivity index is 1.79. The van der Waals surface area contributed by atoms with Gasteiger partial charge in [-0.05, 0) is 38.9 Å². The summed E-state index contributed by atoms with van der Waals surface area (Å²) in [5, 5.41) is 0.943. The molecule has 5 heteroatoms. The average molecular weight is 358 g/mol. The number of nitrogens with zero attached hydrogens (tertiary/aromatic N) is 3. The third kappa shape index (κ3) is 3.62. The number of hydrogen-bond acceptors (Lipinski definition) is 4. The first-order valence-electron chi connectivity index (χ1n) is 9.11. The topological polar surface area (TPSA) is 36.4 Å². The molecule has 1 aromatic carbocycles. The van der Waals surface area contributed by atoms with Crippen molar-refractivity contribution in [2.45, 2.75) is 40.2 Å². The number of aromatic nitrogens is 1. The van der Waals surface area contributed by atoms with Crippen LogP contribution in [-0.4, -0.2) is 52.9 Å². The molecule has 1 aliphatic rings. The molecule has 1 saturated heterocycles. The summed E-state index contributed by atoms with van der Waals surface area (Å²) in [6, 6.07) is 8.71.